The van der Waals surface area contributed by atoms with Crippen LogP contribution in [0.1, 0.15) is 125 Å². The SMILES string of the molecule is CC(C)(C)c1cc(-c2sc(C(=O)NC34CCC(C(=O)O)(C3)C4)nc2CC2CCCCC2)cc(C2(C)CC2)c1. The Labute approximate surface area is 230 Å². The van der Waals surface area contributed by atoms with E-state index >= 15 is 0 Å². The standard InChI is InChI=1S/C32H42N2O3S/c1-29(2,3)22-15-21(16-23(17-22)30(4)10-11-30)25-24(14-20-8-6-5-7-9-20)33-27(38-25)26(35)34-32-13-12-31(18-32,19-32)28(36)37/h15-17,20H,5-14,18-19H2,1-4H3,(H,34,35)(H,36,37). The highest BCUT2D eigenvalue weighted by Crippen LogP contribution is 2.61. The van der Waals surface area contributed by atoms with Crippen molar-refractivity contribution < 1.29 is 14.7 Å². The molecule has 2 aromatic rings. The van der Waals surface area contributed by atoms with E-state index in [-0.39, 0.29) is 22.3 Å². The van der Waals surface area contributed by atoms with Gasteiger partial charge in [-0.1, -0.05) is 65.9 Å². The summed E-state index contributed by atoms with van der Waals surface area (Å²) in [6, 6.07) is 7.10. The summed E-state index contributed by atoms with van der Waals surface area (Å²) in [4.78, 5) is 31.4. The number of carboxylic acids is 1. The van der Waals surface area contributed by atoms with Crippen LogP contribution in [-0.2, 0) is 22.0 Å². The van der Waals surface area contributed by atoms with Crippen LogP contribution in [0.4, 0.5) is 0 Å². The number of fused-ring (bicyclic) bond motifs is 1. The third kappa shape index (κ3) is 4.61. The van der Waals surface area contributed by atoms with Gasteiger partial charge >= 0.3 is 5.97 Å². The second-order valence-corrected chi connectivity index (χ2v) is 15.3. The maximum absolute atomic E-state index is 13.5. The van der Waals surface area contributed by atoms with E-state index in [1.54, 1.807) is 0 Å². The summed E-state index contributed by atoms with van der Waals surface area (Å²) in [5.41, 5.74) is 4.32. The van der Waals surface area contributed by atoms with Crippen molar-refractivity contribution in [3.05, 3.63) is 40.0 Å². The molecule has 1 heterocycles. The molecule has 0 saturated heterocycles. The molecule has 0 atom stereocenters. The van der Waals surface area contributed by atoms with Crippen molar-refractivity contribution in [3.63, 3.8) is 0 Å². The van der Waals surface area contributed by atoms with Gasteiger partial charge in [0.2, 0.25) is 0 Å². The van der Waals surface area contributed by atoms with Gasteiger partial charge in [0, 0.05) is 5.54 Å². The van der Waals surface area contributed by atoms with Gasteiger partial charge in [0.1, 0.15) is 0 Å². The van der Waals surface area contributed by atoms with E-state index in [0.717, 1.165) is 23.4 Å². The topological polar surface area (TPSA) is 79.3 Å². The maximum Gasteiger partial charge on any atom is 0.309 e. The second-order valence-electron chi connectivity index (χ2n) is 14.3. The Morgan fingerprint density at radius 3 is 2.37 bits per heavy atom. The molecule has 0 aliphatic heterocycles. The first-order chi connectivity index (χ1) is 17.9. The Morgan fingerprint density at radius 1 is 1.05 bits per heavy atom. The number of thiazole rings is 1. The van der Waals surface area contributed by atoms with E-state index in [9.17, 15) is 14.7 Å². The van der Waals surface area contributed by atoms with Crippen LogP contribution in [-0.4, -0.2) is 27.5 Å². The molecule has 5 fully saturated rings. The molecule has 204 valence electrons. The third-order valence-corrected chi connectivity index (χ3v) is 11.3. The number of aliphatic carboxylic acids is 1. The molecule has 2 bridgehead atoms. The fourth-order valence-electron chi connectivity index (χ4n) is 7.27. The number of rotatable bonds is 7. The van der Waals surface area contributed by atoms with Gasteiger partial charge in [-0.05, 0) is 90.5 Å². The number of amides is 1. The van der Waals surface area contributed by atoms with Crippen molar-refractivity contribution in [1.82, 2.24) is 10.3 Å². The number of carbonyl (C=O) groups is 2. The van der Waals surface area contributed by atoms with E-state index in [1.165, 1.54) is 73.0 Å². The molecule has 7 rings (SSSR count). The van der Waals surface area contributed by atoms with Gasteiger partial charge in [0.25, 0.3) is 5.91 Å². The molecule has 38 heavy (non-hydrogen) atoms. The molecule has 5 nitrogen and oxygen atoms in total. The predicted octanol–water partition coefficient (Wildman–Crippen LogP) is 7.41. The van der Waals surface area contributed by atoms with Crippen LogP contribution < -0.4 is 5.32 Å². The zero-order chi connectivity index (χ0) is 26.9. The molecule has 1 aromatic heterocycles. The van der Waals surface area contributed by atoms with Crippen LogP contribution in [0.25, 0.3) is 10.4 Å². The van der Waals surface area contributed by atoms with E-state index in [4.69, 9.17) is 4.98 Å². The summed E-state index contributed by atoms with van der Waals surface area (Å²) < 4.78 is 0. The Balaban J connectivity index is 1.35. The minimum absolute atomic E-state index is 0.0347. The molecule has 1 aromatic carbocycles. The smallest absolute Gasteiger partial charge is 0.309 e. The molecule has 0 unspecified atom stereocenters. The van der Waals surface area contributed by atoms with E-state index in [1.807, 2.05) is 0 Å². The van der Waals surface area contributed by atoms with Crippen LogP contribution in [0.3, 0.4) is 0 Å². The summed E-state index contributed by atoms with van der Waals surface area (Å²) >= 11 is 1.53. The second kappa shape index (κ2) is 8.90. The van der Waals surface area contributed by atoms with Crippen molar-refractivity contribution in [3.8, 4) is 10.4 Å². The van der Waals surface area contributed by atoms with Crippen molar-refractivity contribution in [2.45, 2.75) is 121 Å². The lowest BCUT2D eigenvalue weighted by molar-refractivity contribution is -0.154. The van der Waals surface area contributed by atoms with Crippen LogP contribution in [0.2, 0.25) is 0 Å². The summed E-state index contributed by atoms with van der Waals surface area (Å²) in [6.45, 7) is 9.19. The number of hydrogen-bond acceptors (Lipinski definition) is 4. The van der Waals surface area contributed by atoms with Gasteiger partial charge in [-0.2, -0.15) is 0 Å². The van der Waals surface area contributed by atoms with Crippen molar-refractivity contribution >= 4 is 23.2 Å². The molecule has 5 aliphatic carbocycles. The van der Waals surface area contributed by atoms with Gasteiger partial charge in [0.05, 0.1) is 16.0 Å². The molecule has 0 spiro atoms. The number of benzene rings is 1. The number of nitrogens with zero attached hydrogens (tertiary/aromatic N) is 1. The van der Waals surface area contributed by atoms with Gasteiger partial charge in [-0.25, -0.2) is 4.98 Å². The van der Waals surface area contributed by atoms with Gasteiger partial charge in [0.15, 0.2) is 5.01 Å². The summed E-state index contributed by atoms with van der Waals surface area (Å²) in [5, 5.41) is 13.4. The van der Waals surface area contributed by atoms with Gasteiger partial charge in [-0.15, -0.1) is 11.3 Å². The average Bonchev–Trinajstić information content (AvgIpc) is 3.18. The monoisotopic (exact) mass is 534 g/mol. The Bertz CT molecular complexity index is 1250. The number of carboxylic acid groups (broad SMARTS) is 1. The molecule has 2 N–H and O–H groups in total. The van der Waals surface area contributed by atoms with Gasteiger partial charge in [-0.3, -0.25) is 9.59 Å². The Morgan fingerprint density at radius 2 is 1.76 bits per heavy atom. The average molecular weight is 535 g/mol. The lowest BCUT2D eigenvalue weighted by Crippen LogP contribution is -2.57. The molecular weight excluding hydrogens is 492 g/mol. The minimum atomic E-state index is -0.718. The number of aromatic nitrogens is 1. The third-order valence-electron chi connectivity index (χ3n) is 10.1. The largest absolute Gasteiger partial charge is 0.481 e. The minimum Gasteiger partial charge on any atom is -0.481 e. The van der Waals surface area contributed by atoms with Crippen molar-refractivity contribution in [2.24, 2.45) is 11.3 Å². The molecule has 6 heteroatoms. The lowest BCUT2D eigenvalue weighted by atomic mass is 9.65. The molecule has 5 saturated carbocycles. The molecule has 5 aliphatic rings. The van der Waals surface area contributed by atoms with E-state index < -0.39 is 11.4 Å². The summed E-state index contributed by atoms with van der Waals surface area (Å²) in [6.07, 6.45) is 12.2. The molecule has 0 radical (unpaired) electrons. The fraction of sp³-hybridized carbons (Fsp3) is 0.656. The first-order valence-electron chi connectivity index (χ1n) is 14.6. The maximum atomic E-state index is 13.5. The summed E-state index contributed by atoms with van der Waals surface area (Å²) in [5.74, 6) is -0.221. The molecule has 1 amide bonds. The van der Waals surface area contributed by atoms with Crippen molar-refractivity contribution in [2.75, 3.05) is 0 Å². The van der Waals surface area contributed by atoms with Gasteiger partial charge < -0.3 is 10.4 Å². The van der Waals surface area contributed by atoms with E-state index in [2.05, 4.69) is 51.2 Å². The zero-order valence-corrected chi connectivity index (χ0v) is 24.2. The normalized spacial score (nSPS) is 28.1. The highest BCUT2D eigenvalue weighted by Gasteiger charge is 2.65. The first kappa shape index (κ1) is 26.0. The number of hydrogen-bond donors (Lipinski definition) is 2. The predicted molar refractivity (Wildman–Crippen MR) is 152 cm³/mol. The van der Waals surface area contributed by atoms with Crippen LogP contribution in [0.15, 0.2) is 18.2 Å². The van der Waals surface area contributed by atoms with Crippen LogP contribution in [0.5, 0.6) is 0 Å². The highest BCUT2D eigenvalue weighted by molar-refractivity contribution is 7.17. The van der Waals surface area contributed by atoms with Crippen LogP contribution in [0, 0.1) is 11.3 Å². The zero-order valence-electron chi connectivity index (χ0n) is 23.4. The molecular formula is C32H42N2O3S. The lowest BCUT2D eigenvalue weighted by Gasteiger charge is -2.44. The Kier molecular flexibility index (Phi) is 6.10. The number of nitrogens with one attached hydrogen (secondary N) is 1. The van der Waals surface area contributed by atoms with E-state index in [0.29, 0.717) is 30.2 Å². The Hall–Kier alpha value is -2.21. The highest BCUT2D eigenvalue weighted by atomic mass is 32.1. The van der Waals surface area contributed by atoms with Crippen LogP contribution >= 0.6 is 11.3 Å². The summed E-state index contributed by atoms with van der Waals surface area (Å²) in [7, 11) is 0. The number of carbonyl (C=O) groups excluding carboxylic acids is 1. The first-order valence-corrected chi connectivity index (χ1v) is 15.4. The fourth-order valence-corrected chi connectivity index (χ4v) is 8.25. The quantitative estimate of drug-likeness (QED) is 0.388. The van der Waals surface area contributed by atoms with Crippen molar-refractivity contribution in [1.29, 1.82) is 0 Å².